The summed E-state index contributed by atoms with van der Waals surface area (Å²) in [5, 5.41) is 2.51. The number of aryl methyl sites for hydroxylation is 4. The second-order valence-electron chi connectivity index (χ2n) is 22.3. The predicted octanol–water partition coefficient (Wildman–Crippen LogP) is 10.5. The van der Waals surface area contributed by atoms with Crippen molar-refractivity contribution in [2.75, 3.05) is 0 Å². The van der Waals surface area contributed by atoms with E-state index < -0.39 is 0 Å². The molecule has 2 aliphatic rings. The molecule has 0 bridgehead atoms. The maximum atomic E-state index is 7.00. The molecule has 0 fully saturated rings. The number of ether oxygens (including phenoxy) is 1. The van der Waals surface area contributed by atoms with Gasteiger partial charge < -0.3 is 22.7 Å². The molecule has 6 nitrogen and oxygen atoms in total. The van der Waals surface area contributed by atoms with Crippen LogP contribution in [-0.4, -0.2) is 36.3 Å². The Bertz CT molecular complexity index is 3990. The Morgan fingerprint density at radius 3 is 1.47 bits per heavy atom. The minimum absolute atomic E-state index is 0. The van der Waals surface area contributed by atoms with E-state index in [1.165, 1.54) is 88.0 Å². The second-order valence-corrected chi connectivity index (χ2v) is 22.3. The standard InChI is InChI=1S/C63H52B2N5O.Pt/c1-36-18-15-19-37(2)53(36)64-55-42-22-11-13-25-46(42)67-48-30-28-40(34-51(48)69(60(55)67)50-27-17-24-44(57(50)64)62(5,6)7)71-41-29-31-49-52(35-41)70-59-58(45(32-33-66-59)63(8,9)10)65(54-38(3)20-16-21-39(54)4)56-43-23-12-14-26-47(43)68(49)61(56)70;/h11-26,28-33H,1-10H3;/q-3;. The third-order valence-corrected chi connectivity index (χ3v) is 16.0. The fourth-order valence-electron chi connectivity index (χ4n) is 13.1. The number of aromatic nitrogens is 5. The zero-order valence-corrected chi connectivity index (χ0v) is 44.6. The molecule has 0 aliphatic carbocycles. The van der Waals surface area contributed by atoms with Gasteiger partial charge in [0.25, 0.3) is 6.71 Å². The van der Waals surface area contributed by atoms with Crippen molar-refractivity contribution >= 4 is 101 Å². The van der Waals surface area contributed by atoms with Crippen molar-refractivity contribution in [2.45, 2.75) is 80.1 Å². The SMILES string of the molecule is Cc1cccc(C)c1B1c2c([c-]ccc2C(C)(C)C)-n2c3[c-]c(Oc4[c-]c5c(cc4)n4c6ccccc6c6c4n5-c4nccc(C(C)(C)C)c4B6c4c(C)cccc4C)ccc3n3c4ccccc4c1c23.[Pt]. The van der Waals surface area contributed by atoms with Gasteiger partial charge in [0.2, 0.25) is 0 Å². The van der Waals surface area contributed by atoms with Crippen LogP contribution in [0.3, 0.4) is 0 Å². The van der Waals surface area contributed by atoms with Gasteiger partial charge in [0.15, 0.2) is 6.71 Å². The van der Waals surface area contributed by atoms with Gasteiger partial charge in [-0.3, -0.25) is 0 Å². The number of benzene rings is 7. The maximum Gasteiger partial charge on any atom is 0.252 e. The van der Waals surface area contributed by atoms with Gasteiger partial charge in [-0.05, 0) is 112 Å². The van der Waals surface area contributed by atoms with Gasteiger partial charge in [-0.15, -0.1) is 41.9 Å². The molecular formula is C63H52B2N5OPt-3. The molecule has 7 heterocycles. The number of nitrogens with zero attached hydrogens (tertiary/aromatic N) is 5. The van der Waals surface area contributed by atoms with E-state index in [0.29, 0.717) is 11.5 Å². The van der Waals surface area contributed by atoms with Crippen molar-refractivity contribution < 1.29 is 25.8 Å². The van der Waals surface area contributed by atoms with E-state index in [0.717, 1.165) is 44.9 Å². The van der Waals surface area contributed by atoms with E-state index in [2.05, 4.69) is 233 Å². The van der Waals surface area contributed by atoms with Crippen molar-refractivity contribution in [1.29, 1.82) is 0 Å². The van der Waals surface area contributed by atoms with Gasteiger partial charge in [-0.2, -0.15) is 23.8 Å². The summed E-state index contributed by atoms with van der Waals surface area (Å²) in [5.41, 5.74) is 25.0. The Morgan fingerprint density at radius 2 is 0.944 bits per heavy atom. The average Bonchev–Trinajstić information content (AvgIpc) is 4.07. The number of fused-ring (bicyclic) bond motifs is 16. The number of hydrogen-bond acceptors (Lipinski definition) is 2. The van der Waals surface area contributed by atoms with Crippen molar-refractivity contribution in [3.8, 4) is 23.0 Å². The van der Waals surface area contributed by atoms with E-state index in [-0.39, 0.29) is 45.3 Å². The van der Waals surface area contributed by atoms with Crippen LogP contribution in [-0.2, 0) is 31.9 Å². The summed E-state index contributed by atoms with van der Waals surface area (Å²) in [7, 11) is 0. The fourth-order valence-corrected chi connectivity index (χ4v) is 13.1. The number of imidazole rings is 2. The van der Waals surface area contributed by atoms with E-state index in [1.807, 2.05) is 6.20 Å². The summed E-state index contributed by atoms with van der Waals surface area (Å²) in [5.74, 6) is 2.17. The molecule has 7 aromatic carbocycles. The first kappa shape index (κ1) is 44.9. The van der Waals surface area contributed by atoms with Gasteiger partial charge in [-0.25, -0.2) is 4.98 Å². The molecular weight excluding hydrogens is 1060 g/mol. The molecule has 0 atom stereocenters. The monoisotopic (exact) mass is 1110 g/mol. The molecule has 0 amide bonds. The largest absolute Gasteiger partial charge is 0.509 e. The van der Waals surface area contributed by atoms with Gasteiger partial charge in [0.05, 0.1) is 0 Å². The minimum atomic E-state index is -0.145. The first-order chi connectivity index (χ1) is 34.2. The Balaban J connectivity index is 0.00000504. The molecule has 9 heteroatoms. The third-order valence-electron chi connectivity index (χ3n) is 16.0. The smallest absolute Gasteiger partial charge is 0.252 e. The van der Waals surface area contributed by atoms with Gasteiger partial charge in [0.1, 0.15) is 17.1 Å². The predicted molar refractivity (Wildman–Crippen MR) is 296 cm³/mol. The molecule has 2 aliphatic heterocycles. The summed E-state index contributed by atoms with van der Waals surface area (Å²) in [6.07, 6.45) is 1.99. The topological polar surface area (TPSA) is 40.8 Å². The third kappa shape index (κ3) is 5.99. The number of hydrogen-bond donors (Lipinski definition) is 0. The number of para-hydroxylation sites is 2. The van der Waals surface area contributed by atoms with Crippen molar-refractivity contribution in [2.24, 2.45) is 0 Å². The molecule has 0 spiro atoms. The molecule has 354 valence electrons. The van der Waals surface area contributed by atoms with Gasteiger partial charge in [-0.1, -0.05) is 153 Å². The Labute approximate surface area is 435 Å². The zero-order chi connectivity index (χ0) is 48.6. The van der Waals surface area contributed by atoms with Crippen LogP contribution < -0.4 is 37.5 Å². The molecule has 14 rings (SSSR count). The van der Waals surface area contributed by atoms with Gasteiger partial charge in [0, 0.05) is 49.8 Å². The molecule has 12 aromatic rings. The number of rotatable bonds is 4. The molecule has 0 saturated carbocycles. The van der Waals surface area contributed by atoms with Crippen molar-refractivity contribution in [1.82, 2.24) is 22.9 Å². The van der Waals surface area contributed by atoms with Gasteiger partial charge >= 0.3 is 0 Å². The maximum absolute atomic E-state index is 7.00. The van der Waals surface area contributed by atoms with Crippen LogP contribution >= 0.6 is 0 Å². The molecule has 72 heavy (non-hydrogen) atoms. The van der Waals surface area contributed by atoms with Crippen LogP contribution in [0.25, 0.3) is 66.7 Å². The number of pyridine rings is 1. The Morgan fingerprint density at radius 1 is 0.472 bits per heavy atom. The first-order valence-corrected chi connectivity index (χ1v) is 25.1. The van der Waals surface area contributed by atoms with E-state index in [9.17, 15) is 0 Å². The van der Waals surface area contributed by atoms with Crippen molar-refractivity contribution in [3.05, 3.63) is 185 Å². The molecule has 0 N–H and O–H groups in total. The summed E-state index contributed by atoms with van der Waals surface area (Å²) < 4.78 is 16.6. The van der Waals surface area contributed by atoms with Crippen LogP contribution in [0.15, 0.2) is 134 Å². The summed E-state index contributed by atoms with van der Waals surface area (Å²) in [4.78, 5) is 5.31. The summed E-state index contributed by atoms with van der Waals surface area (Å²) in [6.45, 7) is 23.0. The van der Waals surface area contributed by atoms with Crippen LogP contribution in [0.2, 0.25) is 0 Å². The molecule has 0 radical (unpaired) electrons. The average molecular weight is 1110 g/mol. The zero-order valence-electron chi connectivity index (χ0n) is 42.3. The van der Waals surface area contributed by atoms with Crippen LogP contribution in [0.1, 0.15) is 74.9 Å². The second kappa shape index (κ2) is 15.5. The van der Waals surface area contributed by atoms with E-state index in [1.54, 1.807) is 0 Å². The first-order valence-electron chi connectivity index (χ1n) is 25.1. The van der Waals surface area contributed by atoms with Crippen LogP contribution in [0.5, 0.6) is 11.5 Å². The fraction of sp³-hybridized carbons (Fsp3) is 0.190. The normalized spacial score (nSPS) is 13.2. The van der Waals surface area contributed by atoms with E-state index in [4.69, 9.17) is 9.72 Å². The molecule has 0 saturated heterocycles. The van der Waals surface area contributed by atoms with Crippen LogP contribution in [0.4, 0.5) is 0 Å². The Kier molecular flexibility index (Phi) is 9.66. The van der Waals surface area contributed by atoms with E-state index >= 15 is 0 Å². The Hall–Kier alpha value is -7.01. The minimum Gasteiger partial charge on any atom is -0.509 e. The molecule has 0 unspecified atom stereocenters. The van der Waals surface area contributed by atoms with Crippen molar-refractivity contribution in [3.63, 3.8) is 0 Å². The summed E-state index contributed by atoms with van der Waals surface area (Å²) >= 11 is 0. The summed E-state index contributed by atoms with van der Waals surface area (Å²) in [6, 6.07) is 57.9. The van der Waals surface area contributed by atoms with Crippen LogP contribution in [0, 0.1) is 45.9 Å². The molecule has 5 aromatic heterocycles. The quantitative estimate of drug-likeness (QED) is 0.130.